The van der Waals surface area contributed by atoms with Crippen LogP contribution in [0.15, 0.2) is 46.6 Å². The van der Waals surface area contributed by atoms with E-state index in [0.717, 1.165) is 5.57 Å². The molecule has 3 heterocycles. The minimum absolute atomic E-state index is 0.00930. The Morgan fingerprint density at radius 2 is 1.95 bits per heavy atom. The van der Waals surface area contributed by atoms with Crippen molar-refractivity contribution >= 4 is 23.6 Å². The van der Waals surface area contributed by atoms with Crippen molar-refractivity contribution in [3.63, 3.8) is 0 Å². The molecule has 1 fully saturated rings. The van der Waals surface area contributed by atoms with Gasteiger partial charge in [0.25, 0.3) is 5.91 Å². The first-order valence-electron chi connectivity index (χ1n) is 13.0. The molecule has 4 unspecified atom stereocenters. The maximum Gasteiger partial charge on any atom is 0.329 e. The number of nitrogens with one attached hydrogen (secondary N) is 1. The molecule has 2 N–H and O–H groups in total. The lowest BCUT2D eigenvalue weighted by atomic mass is 9.94. The first-order chi connectivity index (χ1) is 18.0. The molecule has 1 aromatic rings. The van der Waals surface area contributed by atoms with E-state index in [1.54, 1.807) is 31.2 Å². The molecule has 2 aliphatic heterocycles. The lowest BCUT2D eigenvalue weighted by Crippen LogP contribution is -2.44. The second kappa shape index (κ2) is 13.3. The third-order valence-corrected chi connectivity index (χ3v) is 6.55. The molecular formula is C28H37N3O7. The number of fused-ring (bicyclic) bond motifs is 3. The predicted molar refractivity (Wildman–Crippen MR) is 139 cm³/mol. The number of hydrogen-bond acceptors (Lipinski definition) is 8. The Hall–Kier alpha value is -3.53. The summed E-state index contributed by atoms with van der Waals surface area (Å²) in [7, 11) is 0. The van der Waals surface area contributed by atoms with E-state index in [4.69, 9.17) is 9.15 Å². The van der Waals surface area contributed by atoms with Crippen LogP contribution in [-0.4, -0.2) is 69.9 Å². The maximum absolute atomic E-state index is 13.2. The van der Waals surface area contributed by atoms with Crippen LogP contribution in [0.3, 0.4) is 0 Å². The topological polar surface area (TPSA) is 139 Å². The van der Waals surface area contributed by atoms with Gasteiger partial charge < -0.3 is 24.5 Å². The fourth-order valence-electron chi connectivity index (χ4n) is 4.66. The lowest BCUT2D eigenvalue weighted by Gasteiger charge is -2.29. The second-order valence-corrected chi connectivity index (χ2v) is 10.2. The summed E-state index contributed by atoms with van der Waals surface area (Å²) in [6, 6.07) is -0.761. The zero-order valence-electron chi connectivity index (χ0n) is 22.4. The summed E-state index contributed by atoms with van der Waals surface area (Å²) in [5.74, 6) is -1.76. The van der Waals surface area contributed by atoms with Crippen LogP contribution in [-0.2, 0) is 25.5 Å². The molecule has 4 atom stereocenters. The Kier molecular flexibility index (Phi) is 10.2. The zero-order chi connectivity index (χ0) is 27.8. The lowest BCUT2D eigenvalue weighted by molar-refractivity contribution is -0.158. The number of aliphatic hydroxyl groups is 1. The van der Waals surface area contributed by atoms with E-state index in [0.29, 0.717) is 19.4 Å². The van der Waals surface area contributed by atoms with Crippen molar-refractivity contribution in [2.45, 2.75) is 71.6 Å². The third kappa shape index (κ3) is 7.98. The number of Topliss-reactive ketones (excluding diaryl/α,β-unsaturated/α-hetero) is 1. The van der Waals surface area contributed by atoms with Crippen molar-refractivity contribution in [2.24, 2.45) is 11.8 Å². The van der Waals surface area contributed by atoms with E-state index in [-0.39, 0.29) is 54.5 Å². The van der Waals surface area contributed by atoms with Crippen molar-refractivity contribution in [2.75, 3.05) is 13.1 Å². The molecule has 1 saturated heterocycles. The van der Waals surface area contributed by atoms with Crippen LogP contribution in [0.25, 0.3) is 0 Å². The molecule has 206 valence electrons. The smallest absolute Gasteiger partial charge is 0.329 e. The largest absolute Gasteiger partial charge is 0.460 e. The van der Waals surface area contributed by atoms with Gasteiger partial charge in [-0.1, -0.05) is 50.6 Å². The molecule has 2 bridgehead atoms. The summed E-state index contributed by atoms with van der Waals surface area (Å²) < 4.78 is 11.2. The van der Waals surface area contributed by atoms with Crippen molar-refractivity contribution in [3.05, 3.63) is 53.8 Å². The monoisotopic (exact) mass is 527 g/mol. The molecule has 0 spiro atoms. The van der Waals surface area contributed by atoms with Crippen LogP contribution in [0.2, 0.25) is 0 Å². The molecule has 2 amide bonds. The number of aliphatic hydroxyl groups excluding tert-OH is 1. The summed E-state index contributed by atoms with van der Waals surface area (Å²) >= 11 is 0. The minimum atomic E-state index is -1.01. The number of ketones is 1. The average molecular weight is 528 g/mol. The van der Waals surface area contributed by atoms with Gasteiger partial charge in [0, 0.05) is 25.4 Å². The Balaban J connectivity index is 1.85. The van der Waals surface area contributed by atoms with Gasteiger partial charge in [0.15, 0.2) is 5.69 Å². The highest BCUT2D eigenvalue weighted by atomic mass is 16.5. The number of cyclic esters (lactones) is 1. The van der Waals surface area contributed by atoms with Crippen LogP contribution in [0.5, 0.6) is 0 Å². The van der Waals surface area contributed by atoms with E-state index in [2.05, 4.69) is 10.3 Å². The fourth-order valence-corrected chi connectivity index (χ4v) is 4.66. The van der Waals surface area contributed by atoms with Gasteiger partial charge in [-0.3, -0.25) is 14.4 Å². The van der Waals surface area contributed by atoms with Crippen LogP contribution in [0.4, 0.5) is 0 Å². The number of carbonyl (C=O) groups is 4. The van der Waals surface area contributed by atoms with E-state index >= 15 is 0 Å². The second-order valence-electron chi connectivity index (χ2n) is 10.2. The number of amides is 2. The van der Waals surface area contributed by atoms with Gasteiger partial charge in [0.2, 0.25) is 11.8 Å². The Bertz CT molecular complexity index is 1120. The van der Waals surface area contributed by atoms with Gasteiger partial charge in [-0.2, -0.15) is 0 Å². The SMILES string of the molecule is CC1=C\C(O)CC(=O)Cc2nc(co2)C(=O)N2CCCC2C(=O)OC(C(C)C)C(C)/C=C/C(=O)NC\C=C\1. The zero-order valence-corrected chi connectivity index (χ0v) is 22.4. The molecule has 1 aromatic heterocycles. The van der Waals surface area contributed by atoms with E-state index in [1.165, 1.54) is 17.2 Å². The van der Waals surface area contributed by atoms with Crippen molar-refractivity contribution in [1.82, 2.24) is 15.2 Å². The standard InChI is InChI=1S/C28H37N3O7/c1-17(2)26-19(4)9-10-24(34)29-11-5-7-18(3)13-20(32)14-21(33)15-25-30-22(16-37-25)27(35)31-12-6-8-23(31)28(36)38-26/h5,7,9-10,13,16-17,19-20,23,26,32H,6,8,11-12,14-15H2,1-4H3,(H,29,34)/b7-5+,10-9+,18-13+. The summed E-state index contributed by atoms with van der Waals surface area (Å²) in [5, 5.41) is 13.0. The third-order valence-electron chi connectivity index (χ3n) is 6.55. The summed E-state index contributed by atoms with van der Waals surface area (Å²) in [4.78, 5) is 56.6. The number of rotatable bonds is 1. The summed E-state index contributed by atoms with van der Waals surface area (Å²) in [6.07, 6.45) is 8.62. The molecular weight excluding hydrogens is 490 g/mol. The number of allylic oxidation sites excluding steroid dienone is 2. The van der Waals surface area contributed by atoms with E-state index in [1.807, 2.05) is 20.8 Å². The minimum Gasteiger partial charge on any atom is -0.460 e. The molecule has 3 rings (SSSR count). The van der Waals surface area contributed by atoms with Crippen molar-refractivity contribution in [1.29, 1.82) is 0 Å². The number of oxazole rings is 1. The number of carbonyl (C=O) groups excluding carboxylic acids is 4. The molecule has 2 aliphatic rings. The maximum atomic E-state index is 13.2. The first kappa shape index (κ1) is 29.0. The van der Waals surface area contributed by atoms with E-state index in [9.17, 15) is 24.3 Å². The highest BCUT2D eigenvalue weighted by molar-refractivity contribution is 5.95. The van der Waals surface area contributed by atoms with Gasteiger partial charge >= 0.3 is 5.97 Å². The van der Waals surface area contributed by atoms with Crippen LogP contribution in [0, 0.1) is 11.8 Å². The molecule has 10 heteroatoms. The molecule has 0 radical (unpaired) electrons. The number of ether oxygens (including phenoxy) is 1. The quantitative estimate of drug-likeness (QED) is 0.531. The van der Waals surface area contributed by atoms with Crippen LogP contribution in [0.1, 0.15) is 63.3 Å². The highest BCUT2D eigenvalue weighted by Crippen LogP contribution is 2.25. The number of aromatic nitrogens is 1. The Labute approximate surface area is 222 Å². The molecule has 0 aliphatic carbocycles. The number of hydrogen-bond donors (Lipinski definition) is 2. The fraction of sp³-hybridized carbons (Fsp3) is 0.536. The first-order valence-corrected chi connectivity index (χ1v) is 13.0. The van der Waals surface area contributed by atoms with Gasteiger partial charge in [0.05, 0.1) is 12.5 Å². The van der Waals surface area contributed by atoms with Gasteiger partial charge in [-0.25, -0.2) is 9.78 Å². The average Bonchev–Trinajstić information content (AvgIpc) is 3.52. The normalized spacial score (nSPS) is 29.7. The van der Waals surface area contributed by atoms with Crippen molar-refractivity contribution in [3.8, 4) is 0 Å². The van der Waals surface area contributed by atoms with Crippen LogP contribution >= 0.6 is 0 Å². The number of esters is 1. The molecule has 0 saturated carbocycles. The number of nitrogens with zero attached hydrogens (tertiary/aromatic N) is 2. The Morgan fingerprint density at radius 1 is 1.18 bits per heavy atom. The highest BCUT2D eigenvalue weighted by Gasteiger charge is 2.38. The predicted octanol–water partition coefficient (Wildman–Crippen LogP) is 2.53. The molecule has 10 nitrogen and oxygen atoms in total. The van der Waals surface area contributed by atoms with Gasteiger partial charge in [-0.15, -0.1) is 0 Å². The van der Waals surface area contributed by atoms with Gasteiger partial charge in [-0.05, 0) is 31.8 Å². The van der Waals surface area contributed by atoms with E-state index < -0.39 is 30.1 Å². The summed E-state index contributed by atoms with van der Waals surface area (Å²) in [5.41, 5.74) is 0.739. The Morgan fingerprint density at radius 3 is 2.68 bits per heavy atom. The summed E-state index contributed by atoms with van der Waals surface area (Å²) in [6.45, 7) is 8.16. The molecule has 0 aromatic carbocycles. The van der Waals surface area contributed by atoms with Crippen molar-refractivity contribution < 1.29 is 33.4 Å². The molecule has 38 heavy (non-hydrogen) atoms. The van der Waals surface area contributed by atoms with Gasteiger partial charge in [0.1, 0.15) is 24.2 Å². The van der Waals surface area contributed by atoms with Crippen LogP contribution < -0.4 is 5.32 Å².